The maximum atomic E-state index is 13.2. The Morgan fingerprint density at radius 2 is 1.54 bits per heavy atom. The number of hydrogen-bond donors (Lipinski definition) is 2. The largest absolute Gasteiger partial charge is 0.489 e. The first-order valence-corrected chi connectivity index (χ1v) is 13.0. The molecule has 6 nitrogen and oxygen atoms in total. The summed E-state index contributed by atoms with van der Waals surface area (Å²) in [5, 5.41) is 3.48. The van der Waals surface area contributed by atoms with Crippen molar-refractivity contribution in [2.45, 2.75) is 25.5 Å². The molecule has 0 radical (unpaired) electrons. The van der Waals surface area contributed by atoms with E-state index < -0.39 is 12.1 Å². The molecule has 4 aromatic carbocycles. The number of amides is 1. The smallest absolute Gasteiger partial charge is 0.407 e. The second-order valence-corrected chi connectivity index (χ2v) is 9.74. The molecule has 0 fully saturated rings. The Balaban J connectivity index is 1.08. The number of benzene rings is 4. The monoisotopic (exact) mass is 516 g/mol. The molecule has 6 rings (SSSR count). The lowest BCUT2D eigenvalue weighted by atomic mass is 9.98. The third kappa shape index (κ3) is 4.89. The van der Waals surface area contributed by atoms with Gasteiger partial charge in [-0.25, -0.2) is 4.79 Å². The summed E-state index contributed by atoms with van der Waals surface area (Å²) in [6.45, 7) is 2.32. The molecule has 6 heteroatoms. The van der Waals surface area contributed by atoms with Gasteiger partial charge in [0.15, 0.2) is 5.78 Å². The summed E-state index contributed by atoms with van der Waals surface area (Å²) in [5.41, 5.74) is 6.98. The molecule has 1 amide bonds. The summed E-state index contributed by atoms with van der Waals surface area (Å²) >= 11 is 0. The van der Waals surface area contributed by atoms with Crippen molar-refractivity contribution < 1.29 is 19.1 Å². The molecule has 1 atom stereocenters. The number of aromatic nitrogens is 1. The fourth-order valence-corrected chi connectivity index (χ4v) is 5.26. The van der Waals surface area contributed by atoms with E-state index in [1.165, 1.54) is 11.1 Å². The molecule has 1 aromatic heterocycles. The van der Waals surface area contributed by atoms with Crippen molar-refractivity contribution in [3.05, 3.63) is 126 Å². The molecule has 194 valence electrons. The number of nitrogens with one attached hydrogen (secondary N) is 2. The molecule has 0 saturated carbocycles. The highest BCUT2D eigenvalue weighted by molar-refractivity contribution is 6.11. The number of alkyl carbamates (subject to hydrolysis) is 1. The topological polar surface area (TPSA) is 80.4 Å². The second kappa shape index (κ2) is 10.5. The van der Waals surface area contributed by atoms with Crippen molar-refractivity contribution in [3.8, 4) is 16.9 Å². The van der Waals surface area contributed by atoms with Crippen LogP contribution in [-0.4, -0.2) is 29.5 Å². The van der Waals surface area contributed by atoms with Gasteiger partial charge in [-0.1, -0.05) is 78.9 Å². The minimum atomic E-state index is -0.756. The molecule has 1 heterocycles. The van der Waals surface area contributed by atoms with Gasteiger partial charge in [0.05, 0.1) is 6.04 Å². The zero-order valence-corrected chi connectivity index (χ0v) is 21.5. The van der Waals surface area contributed by atoms with Gasteiger partial charge in [0.25, 0.3) is 0 Å². The SMILES string of the molecule is C[C@@H](NC(=O)OCC1c2ccccc2-c2ccccc21)C(=O)c1c[nH]c2cc(OCc3ccccc3)ccc12. The Morgan fingerprint density at radius 3 is 2.26 bits per heavy atom. The fraction of sp³-hybridized carbons (Fsp3) is 0.152. The summed E-state index contributed by atoms with van der Waals surface area (Å²) in [5.74, 6) is 0.464. The quantitative estimate of drug-likeness (QED) is 0.221. The van der Waals surface area contributed by atoms with Crippen molar-refractivity contribution in [1.29, 1.82) is 0 Å². The van der Waals surface area contributed by atoms with Crippen molar-refractivity contribution in [3.63, 3.8) is 0 Å². The van der Waals surface area contributed by atoms with Crippen LogP contribution in [0.2, 0.25) is 0 Å². The lowest BCUT2D eigenvalue weighted by Gasteiger charge is -2.16. The zero-order valence-electron chi connectivity index (χ0n) is 21.5. The molecular formula is C33H28N2O4. The summed E-state index contributed by atoms with van der Waals surface area (Å²) in [6, 6.07) is 31.1. The van der Waals surface area contributed by atoms with Crippen LogP contribution in [0.15, 0.2) is 103 Å². The van der Waals surface area contributed by atoms with Crippen LogP contribution in [0.4, 0.5) is 4.79 Å². The molecule has 5 aromatic rings. The van der Waals surface area contributed by atoms with E-state index >= 15 is 0 Å². The Morgan fingerprint density at radius 1 is 0.872 bits per heavy atom. The summed E-state index contributed by atoms with van der Waals surface area (Å²) < 4.78 is 11.5. The van der Waals surface area contributed by atoms with E-state index in [2.05, 4.69) is 34.6 Å². The minimum Gasteiger partial charge on any atom is -0.489 e. The van der Waals surface area contributed by atoms with Gasteiger partial charge >= 0.3 is 6.09 Å². The van der Waals surface area contributed by atoms with Crippen molar-refractivity contribution in [2.24, 2.45) is 0 Å². The molecule has 0 aliphatic heterocycles. The van der Waals surface area contributed by atoms with Gasteiger partial charge in [-0.3, -0.25) is 4.79 Å². The first-order valence-electron chi connectivity index (χ1n) is 13.0. The number of hydrogen-bond acceptors (Lipinski definition) is 4. The Labute approximate surface area is 226 Å². The van der Waals surface area contributed by atoms with Crippen LogP contribution in [0.5, 0.6) is 5.75 Å². The number of ether oxygens (including phenoxy) is 2. The van der Waals surface area contributed by atoms with Crippen LogP contribution < -0.4 is 10.1 Å². The van der Waals surface area contributed by atoms with Crippen molar-refractivity contribution in [1.82, 2.24) is 10.3 Å². The predicted octanol–water partition coefficient (Wildman–Crippen LogP) is 6.86. The summed E-state index contributed by atoms with van der Waals surface area (Å²) in [6.07, 6.45) is 1.05. The number of rotatable bonds is 8. The molecule has 1 aliphatic rings. The van der Waals surface area contributed by atoms with Gasteiger partial charge in [-0.2, -0.15) is 0 Å². The lowest BCUT2D eigenvalue weighted by molar-refractivity contribution is 0.0931. The Bertz CT molecular complexity index is 1610. The number of fused-ring (bicyclic) bond motifs is 4. The highest BCUT2D eigenvalue weighted by Gasteiger charge is 2.29. The standard InChI is InChI=1S/C33H28N2O4/c1-21(35-33(37)39-20-30-26-13-7-5-11-24(26)25-12-6-8-14-27(25)30)32(36)29-18-34-31-17-23(15-16-28(29)31)38-19-22-9-3-2-4-10-22/h2-18,21,30,34H,19-20H2,1H3,(H,35,37)/t21-/m1/s1. The molecule has 0 bridgehead atoms. The number of carbonyl (C=O) groups is 2. The number of Topliss-reactive ketones (excluding diaryl/α,β-unsaturated/α-hetero) is 1. The molecular weight excluding hydrogens is 488 g/mol. The van der Waals surface area contributed by atoms with E-state index in [9.17, 15) is 9.59 Å². The number of ketones is 1. The molecule has 1 aliphatic carbocycles. The normalized spacial score (nSPS) is 12.9. The maximum absolute atomic E-state index is 13.2. The van der Waals surface area contributed by atoms with E-state index in [0.717, 1.165) is 27.6 Å². The first-order chi connectivity index (χ1) is 19.1. The van der Waals surface area contributed by atoms with E-state index in [0.29, 0.717) is 17.9 Å². The molecule has 0 unspecified atom stereocenters. The Hall–Kier alpha value is -4.84. The van der Waals surface area contributed by atoms with Crippen molar-refractivity contribution in [2.75, 3.05) is 6.61 Å². The highest BCUT2D eigenvalue weighted by atomic mass is 16.5. The predicted molar refractivity (Wildman–Crippen MR) is 151 cm³/mol. The van der Waals surface area contributed by atoms with Crippen LogP contribution in [0.25, 0.3) is 22.0 Å². The van der Waals surface area contributed by atoms with Gasteiger partial charge in [0.1, 0.15) is 19.0 Å². The lowest BCUT2D eigenvalue weighted by Crippen LogP contribution is -2.39. The number of H-pyrrole nitrogens is 1. The third-order valence-corrected chi connectivity index (χ3v) is 7.24. The van der Waals surface area contributed by atoms with E-state index in [1.54, 1.807) is 13.1 Å². The highest BCUT2D eigenvalue weighted by Crippen LogP contribution is 2.44. The minimum absolute atomic E-state index is 0.0407. The summed E-state index contributed by atoms with van der Waals surface area (Å²) in [7, 11) is 0. The summed E-state index contributed by atoms with van der Waals surface area (Å²) in [4.78, 5) is 29.1. The third-order valence-electron chi connectivity index (χ3n) is 7.24. The van der Waals surface area contributed by atoms with E-state index in [-0.39, 0.29) is 18.3 Å². The average Bonchev–Trinajstić information content (AvgIpc) is 3.54. The second-order valence-electron chi connectivity index (χ2n) is 9.74. The number of carbonyl (C=O) groups excluding carboxylic acids is 2. The Kier molecular flexibility index (Phi) is 6.59. The molecule has 39 heavy (non-hydrogen) atoms. The molecule has 0 spiro atoms. The van der Waals surface area contributed by atoms with Gasteiger partial charge < -0.3 is 19.8 Å². The van der Waals surface area contributed by atoms with Crippen molar-refractivity contribution >= 4 is 22.8 Å². The number of aromatic amines is 1. The van der Waals surface area contributed by atoms with E-state index in [1.807, 2.05) is 72.8 Å². The first kappa shape index (κ1) is 24.5. The van der Waals surface area contributed by atoms with E-state index in [4.69, 9.17) is 9.47 Å². The molecule has 2 N–H and O–H groups in total. The molecule has 0 saturated heterocycles. The average molecular weight is 517 g/mol. The fourth-order valence-electron chi connectivity index (χ4n) is 5.26. The zero-order chi connectivity index (χ0) is 26.8. The van der Waals surface area contributed by atoms with Gasteiger partial charge in [-0.05, 0) is 46.9 Å². The van der Waals surface area contributed by atoms with Gasteiger partial charge in [-0.15, -0.1) is 0 Å². The van der Waals surface area contributed by atoms with Crippen LogP contribution in [0.3, 0.4) is 0 Å². The van der Waals surface area contributed by atoms with Crippen LogP contribution >= 0.6 is 0 Å². The maximum Gasteiger partial charge on any atom is 0.407 e. The van der Waals surface area contributed by atoms with Crippen LogP contribution in [-0.2, 0) is 11.3 Å². The van der Waals surface area contributed by atoms with Crippen LogP contribution in [0.1, 0.15) is 39.9 Å². The van der Waals surface area contributed by atoms with Gasteiger partial charge in [0, 0.05) is 34.6 Å². The van der Waals surface area contributed by atoms with Crippen LogP contribution in [0, 0.1) is 0 Å². The van der Waals surface area contributed by atoms with Gasteiger partial charge in [0.2, 0.25) is 0 Å².